The minimum absolute atomic E-state index is 0.0348. The highest BCUT2D eigenvalue weighted by molar-refractivity contribution is 7.92. The number of nitrogens with zero attached hydrogens (tertiary/aromatic N) is 3. The second-order valence-electron chi connectivity index (χ2n) is 10.1. The Kier molecular flexibility index (Phi) is 7.63. The van der Waals surface area contributed by atoms with Gasteiger partial charge in [0, 0.05) is 32.2 Å². The number of likely N-dealkylation sites (tertiary alicyclic amines) is 2. The largest absolute Gasteiger partial charge is 0.338 e. The van der Waals surface area contributed by atoms with Gasteiger partial charge in [-0.15, -0.1) is 0 Å². The second kappa shape index (κ2) is 10.5. The van der Waals surface area contributed by atoms with E-state index in [2.05, 4.69) is 11.8 Å². The maximum Gasteiger partial charge on any atom is 0.264 e. The zero-order valence-corrected chi connectivity index (χ0v) is 21.4. The summed E-state index contributed by atoms with van der Waals surface area (Å²) < 4.78 is 27.2. The van der Waals surface area contributed by atoms with Crippen LogP contribution < -0.4 is 4.31 Å². The Morgan fingerprint density at radius 2 is 1.62 bits per heavy atom. The molecule has 2 aliphatic heterocycles. The fourth-order valence-electron chi connectivity index (χ4n) is 5.01. The fourth-order valence-corrected chi connectivity index (χ4v) is 6.21. The van der Waals surface area contributed by atoms with E-state index < -0.39 is 10.0 Å². The molecule has 0 bridgehead atoms. The normalized spacial score (nSPS) is 20.3. The molecule has 1 amide bonds. The first-order valence-corrected chi connectivity index (χ1v) is 13.9. The molecule has 0 aromatic heterocycles. The summed E-state index contributed by atoms with van der Waals surface area (Å²) in [5.74, 6) is 1.39. The van der Waals surface area contributed by atoms with Crippen molar-refractivity contribution < 1.29 is 13.2 Å². The lowest BCUT2D eigenvalue weighted by Gasteiger charge is -2.38. The van der Waals surface area contributed by atoms with Gasteiger partial charge in [0.05, 0.1) is 10.6 Å². The smallest absolute Gasteiger partial charge is 0.264 e. The van der Waals surface area contributed by atoms with Gasteiger partial charge in [-0.05, 0) is 93.9 Å². The number of sulfonamides is 1. The van der Waals surface area contributed by atoms with Crippen molar-refractivity contribution in [3.63, 3.8) is 0 Å². The Hall–Kier alpha value is -2.38. The number of carbonyl (C=O) groups is 1. The molecule has 1 unspecified atom stereocenters. The molecule has 184 valence electrons. The van der Waals surface area contributed by atoms with E-state index in [1.54, 1.807) is 55.6 Å². The van der Waals surface area contributed by atoms with E-state index in [0.717, 1.165) is 37.5 Å². The molecule has 1 atom stereocenters. The molecule has 2 heterocycles. The van der Waals surface area contributed by atoms with Gasteiger partial charge in [0.25, 0.3) is 15.9 Å². The van der Waals surface area contributed by atoms with Crippen molar-refractivity contribution in [3.05, 3.63) is 59.7 Å². The molecule has 2 aromatic carbocycles. The quantitative estimate of drug-likeness (QED) is 0.611. The van der Waals surface area contributed by atoms with E-state index in [0.29, 0.717) is 17.2 Å². The van der Waals surface area contributed by atoms with Crippen LogP contribution in [0, 0.1) is 18.8 Å². The molecule has 6 nitrogen and oxygen atoms in total. The minimum atomic E-state index is -3.65. The number of anilines is 1. The van der Waals surface area contributed by atoms with Gasteiger partial charge in [-0.2, -0.15) is 0 Å². The van der Waals surface area contributed by atoms with E-state index in [4.69, 9.17) is 0 Å². The first-order chi connectivity index (χ1) is 16.2. The van der Waals surface area contributed by atoms with Crippen LogP contribution in [0.2, 0.25) is 0 Å². The molecule has 7 heteroatoms. The summed E-state index contributed by atoms with van der Waals surface area (Å²) in [5.41, 5.74) is 2.15. The van der Waals surface area contributed by atoms with Crippen LogP contribution in [0.5, 0.6) is 0 Å². The van der Waals surface area contributed by atoms with Crippen LogP contribution in [0.3, 0.4) is 0 Å². The van der Waals surface area contributed by atoms with Gasteiger partial charge in [0.1, 0.15) is 0 Å². The van der Waals surface area contributed by atoms with E-state index in [9.17, 15) is 13.2 Å². The highest BCUT2D eigenvalue weighted by Gasteiger charge is 2.27. The third-order valence-electron chi connectivity index (χ3n) is 7.36. The van der Waals surface area contributed by atoms with E-state index in [1.165, 1.54) is 36.7 Å². The molecule has 0 saturated carbocycles. The molecule has 4 rings (SSSR count). The zero-order valence-electron chi connectivity index (χ0n) is 20.6. The van der Waals surface area contributed by atoms with E-state index in [1.807, 2.05) is 11.8 Å². The lowest BCUT2D eigenvalue weighted by Crippen LogP contribution is -2.45. The standard InChI is InChI=1S/C27H37N3O3S/c1-21-6-12-26(13-7-21)34(32,33)28(3)25-10-8-24(9-11-25)27(31)30-16-4-5-23(20-30)19-29-17-14-22(2)15-18-29/h6-13,22-23H,4-5,14-20H2,1-3H3. The van der Waals surface area contributed by atoms with Gasteiger partial charge >= 0.3 is 0 Å². The molecular formula is C27H37N3O3S. The Balaban J connectivity index is 1.39. The molecule has 0 aliphatic carbocycles. The summed E-state index contributed by atoms with van der Waals surface area (Å²) in [6, 6.07) is 13.8. The monoisotopic (exact) mass is 483 g/mol. The van der Waals surface area contributed by atoms with Crippen molar-refractivity contribution in [2.24, 2.45) is 11.8 Å². The average Bonchev–Trinajstić information content (AvgIpc) is 2.85. The second-order valence-corrected chi connectivity index (χ2v) is 12.0. The van der Waals surface area contributed by atoms with Crippen LogP contribution in [0.4, 0.5) is 5.69 Å². The van der Waals surface area contributed by atoms with Gasteiger partial charge in [-0.1, -0.05) is 24.6 Å². The molecule has 2 aromatic rings. The first-order valence-electron chi connectivity index (χ1n) is 12.4. The van der Waals surface area contributed by atoms with Crippen LogP contribution in [0.25, 0.3) is 0 Å². The highest BCUT2D eigenvalue weighted by Crippen LogP contribution is 2.25. The molecule has 2 saturated heterocycles. The van der Waals surface area contributed by atoms with Crippen molar-refractivity contribution in [2.45, 2.75) is 44.4 Å². The first kappa shape index (κ1) is 24.7. The number of piperidine rings is 2. The Morgan fingerprint density at radius 1 is 0.971 bits per heavy atom. The maximum absolute atomic E-state index is 13.2. The van der Waals surface area contributed by atoms with Crippen LogP contribution >= 0.6 is 0 Å². The third-order valence-corrected chi connectivity index (χ3v) is 9.16. The van der Waals surface area contributed by atoms with Crippen LogP contribution in [0.1, 0.15) is 48.5 Å². The average molecular weight is 484 g/mol. The molecule has 34 heavy (non-hydrogen) atoms. The number of benzene rings is 2. The predicted molar refractivity (Wildman–Crippen MR) is 137 cm³/mol. The molecule has 0 spiro atoms. The Labute approximate surface area is 204 Å². The van der Waals surface area contributed by atoms with Gasteiger partial charge in [-0.3, -0.25) is 9.10 Å². The highest BCUT2D eigenvalue weighted by atomic mass is 32.2. The Bertz CT molecular complexity index is 1080. The van der Waals surface area contributed by atoms with Crippen LogP contribution in [0.15, 0.2) is 53.4 Å². The molecule has 0 N–H and O–H groups in total. The van der Waals surface area contributed by atoms with Gasteiger partial charge in [0.2, 0.25) is 0 Å². The molecular weight excluding hydrogens is 446 g/mol. The van der Waals surface area contributed by atoms with Crippen molar-refractivity contribution >= 4 is 21.6 Å². The predicted octanol–water partition coefficient (Wildman–Crippen LogP) is 4.40. The minimum Gasteiger partial charge on any atom is -0.338 e. The summed E-state index contributed by atoms with van der Waals surface area (Å²) >= 11 is 0. The zero-order chi connectivity index (χ0) is 24.3. The van der Waals surface area contributed by atoms with E-state index in [-0.39, 0.29) is 10.8 Å². The number of aryl methyl sites for hydroxylation is 1. The summed E-state index contributed by atoms with van der Waals surface area (Å²) in [7, 11) is -2.11. The number of rotatable bonds is 6. The fraction of sp³-hybridized carbons (Fsp3) is 0.519. The maximum atomic E-state index is 13.2. The van der Waals surface area contributed by atoms with Crippen LogP contribution in [-0.2, 0) is 10.0 Å². The van der Waals surface area contributed by atoms with Crippen molar-refractivity contribution in [3.8, 4) is 0 Å². The van der Waals surface area contributed by atoms with Crippen LogP contribution in [-0.4, -0.2) is 63.9 Å². The lowest BCUT2D eigenvalue weighted by molar-refractivity contribution is 0.0622. The number of amides is 1. The number of hydrogen-bond acceptors (Lipinski definition) is 4. The van der Waals surface area contributed by atoms with Gasteiger partial charge in [-0.25, -0.2) is 8.42 Å². The number of carbonyl (C=O) groups excluding carboxylic acids is 1. The van der Waals surface area contributed by atoms with Crippen molar-refractivity contribution in [1.82, 2.24) is 9.80 Å². The Morgan fingerprint density at radius 3 is 2.26 bits per heavy atom. The summed E-state index contributed by atoms with van der Waals surface area (Å²) in [6.45, 7) is 9.27. The van der Waals surface area contributed by atoms with Gasteiger partial charge in [0.15, 0.2) is 0 Å². The van der Waals surface area contributed by atoms with Gasteiger partial charge < -0.3 is 9.80 Å². The molecule has 2 aliphatic rings. The van der Waals surface area contributed by atoms with Crippen molar-refractivity contribution in [1.29, 1.82) is 0 Å². The lowest BCUT2D eigenvalue weighted by atomic mass is 9.94. The third kappa shape index (κ3) is 5.63. The van der Waals surface area contributed by atoms with Crippen molar-refractivity contribution in [2.75, 3.05) is 44.1 Å². The topological polar surface area (TPSA) is 60.9 Å². The molecule has 2 fully saturated rings. The molecule has 0 radical (unpaired) electrons. The number of hydrogen-bond donors (Lipinski definition) is 0. The summed E-state index contributed by atoms with van der Waals surface area (Å²) in [6.07, 6.45) is 4.76. The summed E-state index contributed by atoms with van der Waals surface area (Å²) in [5, 5.41) is 0. The SMILES string of the molecule is Cc1ccc(S(=O)(=O)N(C)c2ccc(C(=O)N3CCCC(CN4CCC(C)CC4)C3)cc2)cc1. The van der Waals surface area contributed by atoms with E-state index >= 15 is 0 Å². The summed E-state index contributed by atoms with van der Waals surface area (Å²) in [4.78, 5) is 18.0.